The lowest BCUT2D eigenvalue weighted by molar-refractivity contribution is 0.871. The summed E-state index contributed by atoms with van der Waals surface area (Å²) in [4.78, 5) is 28.7. The summed E-state index contributed by atoms with van der Waals surface area (Å²) >= 11 is 0. The summed E-state index contributed by atoms with van der Waals surface area (Å²) in [6.45, 7) is 2.11. The van der Waals surface area contributed by atoms with Gasteiger partial charge in [0.15, 0.2) is 11.3 Å². The van der Waals surface area contributed by atoms with Gasteiger partial charge in [-0.3, -0.25) is 9.97 Å². The molecule has 0 aliphatic heterocycles. The lowest BCUT2D eigenvalue weighted by Crippen LogP contribution is -2.09. The van der Waals surface area contributed by atoms with Gasteiger partial charge in [0.25, 0.3) is 0 Å². The molecule has 4 rings (SSSR count). The first kappa shape index (κ1) is 17.0. The van der Waals surface area contributed by atoms with Gasteiger partial charge in [0.05, 0.1) is 11.4 Å². The van der Waals surface area contributed by atoms with E-state index in [9.17, 15) is 4.79 Å². The molecule has 1 atom stereocenters. The monoisotopic (exact) mass is 359 g/mol. The number of hydrogen-bond acceptors (Lipinski definition) is 4. The van der Waals surface area contributed by atoms with Gasteiger partial charge in [-0.25, -0.2) is 14.8 Å². The number of H-pyrrole nitrogens is 2. The van der Waals surface area contributed by atoms with Crippen LogP contribution in [0.3, 0.4) is 0 Å². The van der Waals surface area contributed by atoms with Gasteiger partial charge in [-0.05, 0) is 17.7 Å². The Labute approximate surface area is 156 Å². The van der Waals surface area contributed by atoms with E-state index in [2.05, 4.69) is 35.1 Å². The van der Waals surface area contributed by atoms with Crippen LogP contribution in [0.15, 0.2) is 59.4 Å². The van der Waals surface area contributed by atoms with E-state index in [1.807, 2.05) is 55.4 Å². The summed E-state index contributed by atoms with van der Waals surface area (Å²) in [5.74, 6) is 0.0273. The molecule has 0 bridgehead atoms. The third-order valence-electron chi connectivity index (χ3n) is 4.73. The Hall–Kier alpha value is -3.41. The Morgan fingerprint density at radius 3 is 2.33 bits per heavy atom. The third-order valence-corrected chi connectivity index (χ3v) is 4.73. The minimum atomic E-state index is -0.303. The van der Waals surface area contributed by atoms with Crippen molar-refractivity contribution in [2.75, 3.05) is 19.0 Å². The number of aromatic nitrogens is 4. The van der Waals surface area contributed by atoms with Crippen LogP contribution in [0.4, 0.5) is 5.69 Å². The number of nitrogens with one attached hydrogen (secondary N) is 2. The fourth-order valence-electron chi connectivity index (χ4n) is 3.21. The fourth-order valence-corrected chi connectivity index (χ4v) is 3.21. The molecule has 27 heavy (non-hydrogen) atoms. The standard InChI is InChI=1S/C21H21N5O/c1-13(14-8-5-4-6-9-14)17-18(15-10-7-11-16(12-15)26(2)3)23-20-19(22-17)24-21(27)25-20/h4-13H,1-3H3,(H2,22,23,24,25,27). The number of rotatable bonds is 4. The predicted octanol–water partition coefficient (Wildman–Crippen LogP) is 3.53. The number of nitrogens with zero attached hydrogens (tertiary/aromatic N) is 3. The van der Waals surface area contributed by atoms with Gasteiger partial charge < -0.3 is 4.90 Å². The predicted molar refractivity (Wildman–Crippen MR) is 108 cm³/mol. The molecule has 2 aromatic heterocycles. The molecule has 2 N–H and O–H groups in total. The number of aromatic amines is 2. The van der Waals surface area contributed by atoms with Crippen LogP contribution in [0.25, 0.3) is 22.6 Å². The van der Waals surface area contributed by atoms with E-state index < -0.39 is 0 Å². The summed E-state index contributed by atoms with van der Waals surface area (Å²) in [6.07, 6.45) is 0. The SMILES string of the molecule is CC(c1ccccc1)c1nc2[nH]c(=O)[nH]c2nc1-c1cccc(N(C)C)c1. The molecule has 0 amide bonds. The largest absolute Gasteiger partial charge is 0.378 e. The Morgan fingerprint density at radius 1 is 0.926 bits per heavy atom. The Kier molecular flexibility index (Phi) is 4.24. The Balaban J connectivity index is 1.95. The molecular weight excluding hydrogens is 338 g/mol. The van der Waals surface area contributed by atoms with Crippen LogP contribution in [-0.4, -0.2) is 34.0 Å². The summed E-state index contributed by atoms with van der Waals surface area (Å²) in [5, 5.41) is 0. The molecule has 4 aromatic rings. The molecule has 0 spiro atoms. The van der Waals surface area contributed by atoms with Crippen molar-refractivity contribution in [1.29, 1.82) is 0 Å². The summed E-state index contributed by atoms with van der Waals surface area (Å²) in [7, 11) is 4.01. The van der Waals surface area contributed by atoms with Crippen LogP contribution in [0.2, 0.25) is 0 Å². The van der Waals surface area contributed by atoms with Crippen molar-refractivity contribution >= 4 is 17.0 Å². The van der Waals surface area contributed by atoms with Crippen LogP contribution in [0.5, 0.6) is 0 Å². The number of anilines is 1. The van der Waals surface area contributed by atoms with E-state index in [-0.39, 0.29) is 11.6 Å². The van der Waals surface area contributed by atoms with E-state index >= 15 is 0 Å². The molecule has 0 saturated carbocycles. The highest BCUT2D eigenvalue weighted by molar-refractivity contribution is 5.75. The van der Waals surface area contributed by atoms with Gasteiger partial charge in [-0.2, -0.15) is 0 Å². The van der Waals surface area contributed by atoms with E-state index in [4.69, 9.17) is 9.97 Å². The van der Waals surface area contributed by atoms with Crippen molar-refractivity contribution < 1.29 is 0 Å². The van der Waals surface area contributed by atoms with Gasteiger partial charge in [0.2, 0.25) is 0 Å². The Bertz CT molecular complexity index is 1140. The molecule has 0 fully saturated rings. The summed E-state index contributed by atoms with van der Waals surface area (Å²) in [6, 6.07) is 18.4. The van der Waals surface area contributed by atoms with Gasteiger partial charge in [-0.1, -0.05) is 49.4 Å². The molecule has 2 aromatic carbocycles. The van der Waals surface area contributed by atoms with E-state index in [1.54, 1.807) is 0 Å². The second-order valence-electron chi connectivity index (χ2n) is 6.81. The topological polar surface area (TPSA) is 77.7 Å². The molecule has 136 valence electrons. The lowest BCUT2D eigenvalue weighted by atomic mass is 9.94. The average Bonchev–Trinajstić information content (AvgIpc) is 3.06. The first-order chi connectivity index (χ1) is 13.0. The van der Waals surface area contributed by atoms with E-state index in [0.717, 1.165) is 28.2 Å². The highest BCUT2D eigenvalue weighted by atomic mass is 16.1. The maximum Gasteiger partial charge on any atom is 0.326 e. The van der Waals surface area contributed by atoms with Crippen molar-refractivity contribution in [3.63, 3.8) is 0 Å². The molecule has 2 heterocycles. The van der Waals surface area contributed by atoms with E-state index in [1.165, 1.54) is 0 Å². The second kappa shape index (κ2) is 6.72. The normalized spacial score (nSPS) is 12.3. The second-order valence-corrected chi connectivity index (χ2v) is 6.81. The first-order valence-electron chi connectivity index (χ1n) is 8.85. The molecule has 0 radical (unpaired) electrons. The molecule has 0 aliphatic carbocycles. The molecule has 1 unspecified atom stereocenters. The molecule has 0 saturated heterocycles. The maximum absolute atomic E-state index is 11.7. The Morgan fingerprint density at radius 2 is 1.63 bits per heavy atom. The summed E-state index contributed by atoms with van der Waals surface area (Å²) < 4.78 is 0. The van der Waals surface area contributed by atoms with Crippen LogP contribution < -0.4 is 10.6 Å². The van der Waals surface area contributed by atoms with Gasteiger partial charge >= 0.3 is 5.69 Å². The van der Waals surface area contributed by atoms with Crippen molar-refractivity contribution in [3.8, 4) is 11.3 Å². The maximum atomic E-state index is 11.7. The average molecular weight is 359 g/mol. The summed E-state index contributed by atoms with van der Waals surface area (Å²) in [5.41, 5.74) is 5.44. The highest BCUT2D eigenvalue weighted by Crippen LogP contribution is 2.32. The van der Waals surface area contributed by atoms with Crippen molar-refractivity contribution in [2.24, 2.45) is 0 Å². The smallest absolute Gasteiger partial charge is 0.326 e. The van der Waals surface area contributed by atoms with E-state index in [0.29, 0.717) is 11.3 Å². The highest BCUT2D eigenvalue weighted by Gasteiger charge is 2.20. The minimum Gasteiger partial charge on any atom is -0.378 e. The van der Waals surface area contributed by atoms with Crippen molar-refractivity contribution in [3.05, 3.63) is 76.3 Å². The molecular formula is C21H21N5O. The van der Waals surface area contributed by atoms with Crippen molar-refractivity contribution in [2.45, 2.75) is 12.8 Å². The van der Waals surface area contributed by atoms with Gasteiger partial charge in [0.1, 0.15) is 0 Å². The zero-order valence-electron chi connectivity index (χ0n) is 15.5. The minimum absolute atomic E-state index is 0.0273. The quantitative estimate of drug-likeness (QED) is 0.584. The van der Waals surface area contributed by atoms with Crippen LogP contribution in [-0.2, 0) is 0 Å². The number of benzene rings is 2. The first-order valence-corrected chi connectivity index (χ1v) is 8.85. The van der Waals surface area contributed by atoms with Gasteiger partial charge in [-0.15, -0.1) is 0 Å². The third kappa shape index (κ3) is 3.21. The molecule has 0 aliphatic rings. The zero-order valence-corrected chi connectivity index (χ0v) is 15.5. The molecule has 6 nitrogen and oxygen atoms in total. The van der Waals surface area contributed by atoms with Crippen LogP contribution >= 0.6 is 0 Å². The van der Waals surface area contributed by atoms with Crippen LogP contribution in [0, 0.1) is 0 Å². The number of hydrogen-bond donors (Lipinski definition) is 2. The molecule has 6 heteroatoms. The zero-order chi connectivity index (χ0) is 19.0. The lowest BCUT2D eigenvalue weighted by Gasteiger charge is -2.17. The van der Waals surface area contributed by atoms with Crippen LogP contribution in [0.1, 0.15) is 24.1 Å². The van der Waals surface area contributed by atoms with Gasteiger partial charge in [0, 0.05) is 31.3 Å². The number of fused-ring (bicyclic) bond motifs is 1. The number of imidazole rings is 1. The van der Waals surface area contributed by atoms with Crippen molar-refractivity contribution in [1.82, 2.24) is 19.9 Å². The fraction of sp³-hybridized carbons (Fsp3) is 0.190.